The SMILES string of the molecule is COc1ccc(OCCCOC(=O)C(C)=COc2ccc(-c3ccccc3)cc2)c(OCCCOC(=O)C(C)=COc2ccc(-c3ccccc3)cc2)c1. The van der Waals surface area contributed by atoms with Crippen LogP contribution in [0, 0.1) is 0 Å². The van der Waals surface area contributed by atoms with E-state index in [0.717, 1.165) is 22.3 Å². The molecule has 0 N–H and O–H groups in total. The van der Waals surface area contributed by atoms with E-state index in [1.165, 1.54) is 12.5 Å². The summed E-state index contributed by atoms with van der Waals surface area (Å²) in [6.45, 7) is 4.14. The molecular formula is C45H44O9. The lowest BCUT2D eigenvalue weighted by Gasteiger charge is -2.14. The van der Waals surface area contributed by atoms with Gasteiger partial charge in [-0.05, 0) is 72.5 Å². The minimum atomic E-state index is -0.478. The summed E-state index contributed by atoms with van der Waals surface area (Å²) in [4.78, 5) is 24.9. The van der Waals surface area contributed by atoms with Gasteiger partial charge in [0.1, 0.15) is 29.8 Å². The molecule has 0 aliphatic heterocycles. The highest BCUT2D eigenvalue weighted by Crippen LogP contribution is 2.32. The Balaban J connectivity index is 0.984. The zero-order valence-electron chi connectivity index (χ0n) is 30.7. The molecule has 5 rings (SSSR count). The van der Waals surface area contributed by atoms with Gasteiger partial charge in [-0.2, -0.15) is 0 Å². The number of hydrogen-bond acceptors (Lipinski definition) is 9. The smallest absolute Gasteiger partial charge is 0.336 e. The van der Waals surface area contributed by atoms with Crippen LogP contribution in [0.15, 0.2) is 151 Å². The van der Waals surface area contributed by atoms with Crippen LogP contribution in [0.2, 0.25) is 0 Å². The second-order valence-corrected chi connectivity index (χ2v) is 12.1. The van der Waals surface area contributed by atoms with Crippen molar-refractivity contribution in [2.45, 2.75) is 26.7 Å². The number of carbonyl (C=O) groups excluding carboxylic acids is 2. The summed E-state index contributed by atoms with van der Waals surface area (Å²) in [7, 11) is 1.57. The van der Waals surface area contributed by atoms with Crippen molar-refractivity contribution >= 4 is 11.9 Å². The minimum Gasteiger partial charge on any atom is -0.497 e. The molecule has 0 saturated heterocycles. The average Bonchev–Trinajstić information content (AvgIpc) is 3.22. The quantitative estimate of drug-likeness (QED) is 0.0356. The van der Waals surface area contributed by atoms with Crippen molar-refractivity contribution in [2.75, 3.05) is 33.5 Å². The summed E-state index contributed by atoms with van der Waals surface area (Å²) in [6, 6.07) is 40.6. The summed E-state index contributed by atoms with van der Waals surface area (Å²) < 4.78 is 39.3. The maximum absolute atomic E-state index is 12.5. The van der Waals surface area contributed by atoms with Crippen molar-refractivity contribution in [1.29, 1.82) is 0 Å². The summed E-state index contributed by atoms with van der Waals surface area (Å²) in [6.07, 6.45) is 3.68. The summed E-state index contributed by atoms with van der Waals surface area (Å²) in [5, 5.41) is 0. The highest BCUT2D eigenvalue weighted by atomic mass is 16.5. The van der Waals surface area contributed by atoms with Gasteiger partial charge in [0.2, 0.25) is 0 Å². The zero-order chi connectivity index (χ0) is 38.0. The highest BCUT2D eigenvalue weighted by Gasteiger charge is 2.11. The molecule has 0 atom stereocenters. The van der Waals surface area contributed by atoms with Crippen molar-refractivity contribution in [3.05, 3.63) is 151 Å². The van der Waals surface area contributed by atoms with Crippen molar-refractivity contribution in [3.8, 4) is 51.0 Å². The molecular weight excluding hydrogens is 684 g/mol. The summed E-state index contributed by atoms with van der Waals surface area (Å²) in [5.41, 5.74) is 5.05. The molecule has 0 spiro atoms. The van der Waals surface area contributed by atoms with Crippen molar-refractivity contribution < 1.29 is 42.7 Å². The molecule has 5 aromatic carbocycles. The second kappa shape index (κ2) is 20.5. The Bertz CT molecular complexity index is 1990. The standard InChI is InChI=1S/C45H44O9/c1-33(31-53-39-20-16-37(17-21-39)35-12-6-4-7-13-35)44(46)51-28-10-26-49-42-25-24-41(48-3)30-43(42)50-27-11-29-52-45(47)34(2)32-54-40-22-18-38(19-23-40)36-14-8-5-9-15-36/h4-9,12-25,30-32H,10-11,26-29H2,1-3H3. The topological polar surface area (TPSA) is 98.8 Å². The third-order valence-corrected chi connectivity index (χ3v) is 8.02. The van der Waals surface area contributed by atoms with E-state index in [1.54, 1.807) is 39.2 Å². The molecule has 0 unspecified atom stereocenters. The maximum atomic E-state index is 12.5. The van der Waals surface area contributed by atoms with Gasteiger partial charge in [0.05, 0.1) is 44.7 Å². The lowest BCUT2D eigenvalue weighted by atomic mass is 10.1. The first-order chi connectivity index (χ1) is 26.4. The normalized spacial score (nSPS) is 11.3. The molecule has 0 saturated carbocycles. The first-order valence-corrected chi connectivity index (χ1v) is 17.7. The zero-order valence-corrected chi connectivity index (χ0v) is 30.7. The van der Waals surface area contributed by atoms with Crippen LogP contribution in [0.4, 0.5) is 0 Å². The second-order valence-electron chi connectivity index (χ2n) is 12.1. The summed E-state index contributed by atoms with van der Waals surface area (Å²) >= 11 is 0. The lowest BCUT2D eigenvalue weighted by Crippen LogP contribution is -2.11. The molecule has 0 amide bonds. The van der Waals surface area contributed by atoms with Crippen LogP contribution in [0.5, 0.6) is 28.7 Å². The predicted molar refractivity (Wildman–Crippen MR) is 208 cm³/mol. The Hall–Kier alpha value is -6.48. The van der Waals surface area contributed by atoms with Gasteiger partial charge in [-0.15, -0.1) is 0 Å². The molecule has 0 aliphatic carbocycles. The lowest BCUT2D eigenvalue weighted by molar-refractivity contribution is -0.140. The first-order valence-electron chi connectivity index (χ1n) is 17.7. The number of ether oxygens (including phenoxy) is 7. The number of benzene rings is 5. The molecule has 9 heteroatoms. The van der Waals surface area contributed by atoms with Crippen LogP contribution >= 0.6 is 0 Å². The van der Waals surface area contributed by atoms with Crippen LogP contribution in [-0.2, 0) is 19.1 Å². The van der Waals surface area contributed by atoms with E-state index in [0.29, 0.717) is 52.7 Å². The van der Waals surface area contributed by atoms with Gasteiger partial charge in [0.25, 0.3) is 0 Å². The fourth-order valence-electron chi connectivity index (χ4n) is 5.01. The minimum absolute atomic E-state index is 0.154. The molecule has 54 heavy (non-hydrogen) atoms. The van der Waals surface area contributed by atoms with E-state index >= 15 is 0 Å². The molecule has 5 aromatic rings. The highest BCUT2D eigenvalue weighted by molar-refractivity contribution is 5.88. The van der Waals surface area contributed by atoms with E-state index in [9.17, 15) is 9.59 Å². The van der Waals surface area contributed by atoms with Gasteiger partial charge in [-0.25, -0.2) is 9.59 Å². The Labute approximate surface area is 316 Å². The summed E-state index contributed by atoms with van der Waals surface area (Å²) in [5.74, 6) is 1.87. The van der Waals surface area contributed by atoms with E-state index in [4.69, 9.17) is 33.2 Å². The largest absolute Gasteiger partial charge is 0.497 e. The molecule has 0 aromatic heterocycles. The molecule has 0 bridgehead atoms. The molecule has 0 radical (unpaired) electrons. The molecule has 9 nitrogen and oxygen atoms in total. The van der Waals surface area contributed by atoms with Gasteiger partial charge in [0, 0.05) is 18.9 Å². The third-order valence-electron chi connectivity index (χ3n) is 8.02. The number of methoxy groups -OCH3 is 1. The van der Waals surface area contributed by atoms with Crippen LogP contribution in [0.25, 0.3) is 22.3 Å². The van der Waals surface area contributed by atoms with E-state index in [1.807, 2.05) is 109 Å². The van der Waals surface area contributed by atoms with E-state index in [-0.39, 0.29) is 26.4 Å². The predicted octanol–water partition coefficient (Wildman–Crippen LogP) is 9.62. The van der Waals surface area contributed by atoms with Gasteiger partial charge >= 0.3 is 11.9 Å². The van der Waals surface area contributed by atoms with Crippen molar-refractivity contribution in [3.63, 3.8) is 0 Å². The number of esters is 2. The fraction of sp³-hybridized carbons (Fsp3) is 0.200. The molecule has 0 heterocycles. The third kappa shape index (κ3) is 12.1. The van der Waals surface area contributed by atoms with Crippen LogP contribution in [0.3, 0.4) is 0 Å². The van der Waals surface area contributed by atoms with Crippen LogP contribution < -0.4 is 23.7 Å². The van der Waals surface area contributed by atoms with Gasteiger partial charge in [-0.1, -0.05) is 84.9 Å². The first kappa shape index (κ1) is 38.7. The maximum Gasteiger partial charge on any atom is 0.336 e. The molecule has 278 valence electrons. The fourth-order valence-corrected chi connectivity index (χ4v) is 5.01. The van der Waals surface area contributed by atoms with Crippen molar-refractivity contribution in [1.82, 2.24) is 0 Å². The van der Waals surface area contributed by atoms with Crippen LogP contribution in [0.1, 0.15) is 26.7 Å². The Morgan fingerprint density at radius 3 is 1.33 bits per heavy atom. The van der Waals surface area contributed by atoms with Crippen molar-refractivity contribution in [2.24, 2.45) is 0 Å². The molecule has 0 fully saturated rings. The van der Waals surface area contributed by atoms with E-state index in [2.05, 4.69) is 0 Å². The number of rotatable bonds is 19. The van der Waals surface area contributed by atoms with E-state index < -0.39 is 11.9 Å². The monoisotopic (exact) mass is 728 g/mol. The van der Waals surface area contributed by atoms with Crippen LogP contribution in [-0.4, -0.2) is 45.5 Å². The number of hydrogen-bond donors (Lipinski definition) is 0. The van der Waals surface area contributed by atoms with Gasteiger partial charge < -0.3 is 33.2 Å². The Morgan fingerprint density at radius 1 is 0.481 bits per heavy atom. The number of carbonyl (C=O) groups is 2. The molecule has 0 aliphatic rings. The average molecular weight is 729 g/mol. The Morgan fingerprint density at radius 2 is 0.889 bits per heavy atom. The van der Waals surface area contributed by atoms with Gasteiger partial charge in [0.15, 0.2) is 11.5 Å². The van der Waals surface area contributed by atoms with Gasteiger partial charge in [-0.3, -0.25) is 0 Å². The Kier molecular flexibility index (Phi) is 14.7.